The van der Waals surface area contributed by atoms with Crippen molar-refractivity contribution in [2.45, 2.75) is 13.0 Å². The Balaban J connectivity index is 1.98. The topological polar surface area (TPSA) is 40.7 Å². The normalized spacial score (nSPS) is 10.7. The first kappa shape index (κ1) is 13.6. The second-order valence-electron chi connectivity index (χ2n) is 5.07. The van der Waals surface area contributed by atoms with Gasteiger partial charge in [0.1, 0.15) is 5.82 Å². The molecule has 0 atom stereocenters. The van der Waals surface area contributed by atoms with Gasteiger partial charge in [-0.1, -0.05) is 60.7 Å². The number of nitrogens with one attached hydrogen (secondary N) is 2. The standard InChI is InChI=1S/C18H19N3/c1-19-13-17-20-16(12-14-8-4-2-5-9-14)18(21-17)15-10-6-3-7-11-15/h2-11,19H,12-13H2,1H3,(H,20,21). The third kappa shape index (κ3) is 3.20. The Labute approximate surface area is 125 Å². The molecule has 1 heterocycles. The Bertz CT molecular complexity index is 687. The Morgan fingerprint density at radius 3 is 2.29 bits per heavy atom. The molecule has 0 saturated heterocycles. The van der Waals surface area contributed by atoms with Gasteiger partial charge in [-0.05, 0) is 12.6 Å². The summed E-state index contributed by atoms with van der Waals surface area (Å²) in [5.41, 5.74) is 4.65. The molecule has 0 bridgehead atoms. The zero-order valence-corrected chi connectivity index (χ0v) is 12.1. The highest BCUT2D eigenvalue weighted by atomic mass is 15.0. The molecule has 0 aliphatic carbocycles. The summed E-state index contributed by atoms with van der Waals surface area (Å²) in [6.45, 7) is 0.745. The van der Waals surface area contributed by atoms with Crippen LogP contribution < -0.4 is 5.32 Å². The molecule has 0 spiro atoms. The minimum absolute atomic E-state index is 0.745. The highest BCUT2D eigenvalue weighted by Crippen LogP contribution is 2.23. The van der Waals surface area contributed by atoms with Crippen LogP contribution in [0.15, 0.2) is 60.7 Å². The number of aromatic amines is 1. The van der Waals surface area contributed by atoms with Gasteiger partial charge in [0.25, 0.3) is 0 Å². The summed E-state index contributed by atoms with van der Waals surface area (Å²) < 4.78 is 0. The molecule has 0 radical (unpaired) electrons. The maximum atomic E-state index is 4.75. The van der Waals surface area contributed by atoms with Crippen LogP contribution in [0.5, 0.6) is 0 Å². The summed E-state index contributed by atoms with van der Waals surface area (Å²) in [7, 11) is 1.93. The molecule has 0 fully saturated rings. The molecule has 2 N–H and O–H groups in total. The van der Waals surface area contributed by atoms with Gasteiger partial charge in [0.15, 0.2) is 0 Å². The maximum Gasteiger partial charge on any atom is 0.121 e. The molecule has 2 aromatic carbocycles. The molecule has 0 aliphatic heterocycles. The molecule has 21 heavy (non-hydrogen) atoms. The number of imidazole rings is 1. The van der Waals surface area contributed by atoms with Crippen molar-refractivity contribution in [1.29, 1.82) is 0 Å². The van der Waals surface area contributed by atoms with E-state index in [1.165, 1.54) is 5.56 Å². The van der Waals surface area contributed by atoms with E-state index in [0.717, 1.165) is 35.7 Å². The predicted molar refractivity (Wildman–Crippen MR) is 86.0 cm³/mol. The molecule has 3 rings (SSSR count). The first-order valence-electron chi connectivity index (χ1n) is 7.18. The minimum atomic E-state index is 0.745. The summed E-state index contributed by atoms with van der Waals surface area (Å²) in [6, 6.07) is 20.8. The number of hydrogen-bond donors (Lipinski definition) is 2. The average molecular weight is 277 g/mol. The number of rotatable bonds is 5. The van der Waals surface area contributed by atoms with Crippen molar-refractivity contribution in [3.63, 3.8) is 0 Å². The molecular weight excluding hydrogens is 258 g/mol. The number of aromatic nitrogens is 2. The van der Waals surface area contributed by atoms with Crippen LogP contribution in [-0.2, 0) is 13.0 Å². The molecule has 106 valence electrons. The Morgan fingerprint density at radius 1 is 0.952 bits per heavy atom. The molecule has 0 unspecified atom stereocenters. The van der Waals surface area contributed by atoms with Gasteiger partial charge in [0, 0.05) is 17.7 Å². The lowest BCUT2D eigenvalue weighted by Gasteiger charge is -2.03. The van der Waals surface area contributed by atoms with E-state index < -0.39 is 0 Å². The van der Waals surface area contributed by atoms with Gasteiger partial charge in [-0.25, -0.2) is 4.98 Å². The number of benzene rings is 2. The maximum absolute atomic E-state index is 4.75. The van der Waals surface area contributed by atoms with Crippen molar-refractivity contribution in [3.05, 3.63) is 77.7 Å². The van der Waals surface area contributed by atoms with Crippen molar-refractivity contribution in [1.82, 2.24) is 15.3 Å². The van der Waals surface area contributed by atoms with Gasteiger partial charge in [-0.2, -0.15) is 0 Å². The van der Waals surface area contributed by atoms with Gasteiger partial charge < -0.3 is 10.3 Å². The fourth-order valence-corrected chi connectivity index (χ4v) is 2.48. The minimum Gasteiger partial charge on any atom is -0.344 e. The van der Waals surface area contributed by atoms with Crippen molar-refractivity contribution >= 4 is 0 Å². The lowest BCUT2D eigenvalue weighted by molar-refractivity contribution is 0.769. The number of nitrogens with zero attached hydrogens (tertiary/aromatic N) is 1. The van der Waals surface area contributed by atoms with E-state index in [0.29, 0.717) is 0 Å². The van der Waals surface area contributed by atoms with E-state index in [1.807, 2.05) is 31.3 Å². The lowest BCUT2D eigenvalue weighted by Crippen LogP contribution is -2.06. The molecular formula is C18H19N3. The van der Waals surface area contributed by atoms with Crippen LogP contribution in [-0.4, -0.2) is 17.0 Å². The highest BCUT2D eigenvalue weighted by molar-refractivity contribution is 5.62. The second kappa shape index (κ2) is 6.37. The summed E-state index contributed by atoms with van der Waals surface area (Å²) in [5, 5.41) is 3.15. The van der Waals surface area contributed by atoms with Gasteiger partial charge in [-0.3, -0.25) is 0 Å². The Hall–Kier alpha value is -2.39. The molecule has 3 nitrogen and oxygen atoms in total. The van der Waals surface area contributed by atoms with Crippen molar-refractivity contribution in [2.75, 3.05) is 7.05 Å². The van der Waals surface area contributed by atoms with Crippen molar-refractivity contribution in [3.8, 4) is 11.3 Å². The number of H-pyrrole nitrogens is 1. The molecule has 1 aromatic heterocycles. The SMILES string of the molecule is CNCc1nc(-c2ccccc2)c(Cc2ccccc2)[nH]1. The van der Waals surface area contributed by atoms with Crippen LogP contribution in [0, 0.1) is 0 Å². The molecule has 0 aliphatic rings. The summed E-state index contributed by atoms with van der Waals surface area (Å²) in [5.74, 6) is 0.974. The third-order valence-corrected chi connectivity index (χ3v) is 3.44. The van der Waals surface area contributed by atoms with E-state index in [9.17, 15) is 0 Å². The monoisotopic (exact) mass is 277 g/mol. The fourth-order valence-electron chi connectivity index (χ4n) is 2.48. The van der Waals surface area contributed by atoms with Crippen LogP contribution in [0.3, 0.4) is 0 Å². The van der Waals surface area contributed by atoms with Gasteiger partial charge in [-0.15, -0.1) is 0 Å². The lowest BCUT2D eigenvalue weighted by atomic mass is 10.0. The zero-order valence-electron chi connectivity index (χ0n) is 12.1. The van der Waals surface area contributed by atoms with E-state index >= 15 is 0 Å². The van der Waals surface area contributed by atoms with Crippen LogP contribution in [0.1, 0.15) is 17.1 Å². The first-order valence-corrected chi connectivity index (χ1v) is 7.18. The molecule has 3 heteroatoms. The van der Waals surface area contributed by atoms with Crippen LogP contribution >= 0.6 is 0 Å². The third-order valence-electron chi connectivity index (χ3n) is 3.44. The summed E-state index contributed by atoms with van der Waals surface area (Å²) in [6.07, 6.45) is 0.863. The quantitative estimate of drug-likeness (QED) is 0.750. The predicted octanol–water partition coefficient (Wildman–Crippen LogP) is 3.39. The fraction of sp³-hybridized carbons (Fsp3) is 0.167. The highest BCUT2D eigenvalue weighted by Gasteiger charge is 2.12. The summed E-state index contributed by atoms with van der Waals surface area (Å²) in [4.78, 5) is 8.20. The van der Waals surface area contributed by atoms with E-state index in [2.05, 4.69) is 46.7 Å². The second-order valence-corrected chi connectivity index (χ2v) is 5.07. The average Bonchev–Trinajstić information content (AvgIpc) is 2.92. The molecule has 0 amide bonds. The first-order chi connectivity index (χ1) is 10.4. The van der Waals surface area contributed by atoms with Crippen LogP contribution in [0.25, 0.3) is 11.3 Å². The largest absolute Gasteiger partial charge is 0.344 e. The van der Waals surface area contributed by atoms with Gasteiger partial charge in [0.05, 0.1) is 12.2 Å². The van der Waals surface area contributed by atoms with Crippen molar-refractivity contribution in [2.24, 2.45) is 0 Å². The van der Waals surface area contributed by atoms with Gasteiger partial charge >= 0.3 is 0 Å². The van der Waals surface area contributed by atoms with E-state index in [4.69, 9.17) is 4.98 Å². The number of hydrogen-bond acceptors (Lipinski definition) is 2. The zero-order chi connectivity index (χ0) is 14.5. The van der Waals surface area contributed by atoms with Gasteiger partial charge in [0.2, 0.25) is 0 Å². The van der Waals surface area contributed by atoms with E-state index in [-0.39, 0.29) is 0 Å². The van der Waals surface area contributed by atoms with E-state index in [1.54, 1.807) is 0 Å². The van der Waals surface area contributed by atoms with Crippen molar-refractivity contribution < 1.29 is 0 Å². The Kier molecular flexibility index (Phi) is 4.12. The summed E-state index contributed by atoms with van der Waals surface area (Å²) >= 11 is 0. The Morgan fingerprint density at radius 2 is 1.62 bits per heavy atom. The molecule has 0 saturated carbocycles. The van der Waals surface area contributed by atoms with Crippen LogP contribution in [0.2, 0.25) is 0 Å². The smallest absolute Gasteiger partial charge is 0.121 e. The molecule has 3 aromatic rings. The van der Waals surface area contributed by atoms with Crippen LogP contribution in [0.4, 0.5) is 0 Å².